The SMILES string of the molecule is COc1ccc(-c2noc(CN3CCC(C(=O)NCc4ccccn4)CC3)n2)cc1. The highest BCUT2D eigenvalue weighted by Crippen LogP contribution is 2.22. The lowest BCUT2D eigenvalue weighted by molar-refractivity contribution is -0.126. The molecule has 0 spiro atoms. The van der Waals surface area contributed by atoms with E-state index in [0.717, 1.165) is 42.9 Å². The van der Waals surface area contributed by atoms with Gasteiger partial charge in [-0.3, -0.25) is 14.7 Å². The number of nitrogens with one attached hydrogen (secondary N) is 1. The number of carbonyl (C=O) groups excluding carboxylic acids is 1. The molecule has 1 N–H and O–H groups in total. The second kappa shape index (κ2) is 9.49. The average Bonchev–Trinajstić information content (AvgIpc) is 3.27. The number of carbonyl (C=O) groups is 1. The van der Waals surface area contributed by atoms with Gasteiger partial charge >= 0.3 is 0 Å². The molecule has 1 aliphatic heterocycles. The van der Waals surface area contributed by atoms with Crippen LogP contribution in [0.2, 0.25) is 0 Å². The number of pyridine rings is 1. The van der Waals surface area contributed by atoms with Gasteiger partial charge in [0.2, 0.25) is 17.6 Å². The molecule has 1 aromatic carbocycles. The fraction of sp³-hybridized carbons (Fsp3) is 0.364. The highest BCUT2D eigenvalue weighted by Gasteiger charge is 2.26. The molecule has 3 aromatic rings. The van der Waals surface area contributed by atoms with E-state index in [4.69, 9.17) is 9.26 Å². The number of benzene rings is 1. The molecule has 0 aliphatic carbocycles. The topological polar surface area (TPSA) is 93.4 Å². The molecular weight excluding hydrogens is 382 g/mol. The Hall–Kier alpha value is -3.26. The lowest BCUT2D eigenvalue weighted by Crippen LogP contribution is -2.40. The van der Waals surface area contributed by atoms with Gasteiger partial charge in [-0.2, -0.15) is 4.98 Å². The maximum absolute atomic E-state index is 12.4. The van der Waals surface area contributed by atoms with Gasteiger partial charge in [0, 0.05) is 17.7 Å². The Morgan fingerprint density at radius 2 is 2.00 bits per heavy atom. The second-order valence-electron chi connectivity index (χ2n) is 7.33. The van der Waals surface area contributed by atoms with Crippen LogP contribution in [-0.2, 0) is 17.9 Å². The Bertz CT molecular complexity index is 950. The number of piperidine rings is 1. The van der Waals surface area contributed by atoms with Crippen molar-refractivity contribution in [3.63, 3.8) is 0 Å². The number of hydrogen-bond acceptors (Lipinski definition) is 7. The molecule has 8 heteroatoms. The first-order chi connectivity index (χ1) is 14.7. The monoisotopic (exact) mass is 407 g/mol. The minimum atomic E-state index is 0.0301. The molecule has 30 heavy (non-hydrogen) atoms. The maximum atomic E-state index is 12.4. The van der Waals surface area contributed by atoms with Gasteiger partial charge in [-0.1, -0.05) is 11.2 Å². The molecule has 0 atom stereocenters. The van der Waals surface area contributed by atoms with Crippen LogP contribution in [0, 0.1) is 5.92 Å². The third-order valence-electron chi connectivity index (χ3n) is 5.30. The highest BCUT2D eigenvalue weighted by atomic mass is 16.5. The van der Waals surface area contributed by atoms with Crippen molar-refractivity contribution in [2.24, 2.45) is 5.92 Å². The van der Waals surface area contributed by atoms with Crippen molar-refractivity contribution in [3.05, 3.63) is 60.2 Å². The number of likely N-dealkylation sites (tertiary alicyclic amines) is 1. The first kappa shape index (κ1) is 20.0. The zero-order valence-electron chi connectivity index (χ0n) is 17.0. The second-order valence-corrected chi connectivity index (χ2v) is 7.33. The minimum Gasteiger partial charge on any atom is -0.497 e. The summed E-state index contributed by atoms with van der Waals surface area (Å²) in [6.45, 7) is 2.70. The van der Waals surface area contributed by atoms with Crippen molar-refractivity contribution in [1.82, 2.24) is 25.3 Å². The van der Waals surface area contributed by atoms with Crippen molar-refractivity contribution in [3.8, 4) is 17.1 Å². The van der Waals surface area contributed by atoms with Crippen LogP contribution in [0.4, 0.5) is 0 Å². The highest BCUT2D eigenvalue weighted by molar-refractivity contribution is 5.78. The molecule has 1 amide bonds. The molecule has 4 rings (SSSR count). The number of methoxy groups -OCH3 is 1. The molecule has 8 nitrogen and oxygen atoms in total. The molecule has 0 unspecified atom stereocenters. The predicted octanol–water partition coefficient (Wildman–Crippen LogP) is 2.67. The number of ether oxygens (including phenoxy) is 1. The fourth-order valence-corrected chi connectivity index (χ4v) is 3.55. The Morgan fingerprint density at radius 3 is 2.70 bits per heavy atom. The molecule has 156 valence electrons. The first-order valence-electron chi connectivity index (χ1n) is 10.1. The molecule has 2 aromatic heterocycles. The third-order valence-corrected chi connectivity index (χ3v) is 5.30. The van der Waals surface area contributed by atoms with E-state index in [1.165, 1.54) is 0 Å². The quantitative estimate of drug-likeness (QED) is 0.643. The van der Waals surface area contributed by atoms with Crippen LogP contribution >= 0.6 is 0 Å². The number of amides is 1. The van der Waals surface area contributed by atoms with Crippen molar-refractivity contribution in [1.29, 1.82) is 0 Å². The molecule has 0 bridgehead atoms. The van der Waals surface area contributed by atoms with E-state index in [0.29, 0.717) is 24.8 Å². The van der Waals surface area contributed by atoms with Gasteiger partial charge in [-0.15, -0.1) is 0 Å². The van der Waals surface area contributed by atoms with Gasteiger partial charge < -0.3 is 14.6 Å². The van der Waals surface area contributed by atoms with Crippen LogP contribution in [0.3, 0.4) is 0 Å². The lowest BCUT2D eigenvalue weighted by atomic mass is 9.96. The molecule has 3 heterocycles. The normalized spacial score (nSPS) is 15.1. The predicted molar refractivity (Wildman–Crippen MR) is 110 cm³/mol. The van der Waals surface area contributed by atoms with Crippen LogP contribution in [0.5, 0.6) is 5.75 Å². The van der Waals surface area contributed by atoms with E-state index in [2.05, 4.69) is 25.3 Å². The zero-order chi connectivity index (χ0) is 20.8. The van der Waals surface area contributed by atoms with Gasteiger partial charge in [-0.05, 0) is 62.3 Å². The molecule has 0 saturated carbocycles. The zero-order valence-corrected chi connectivity index (χ0v) is 17.0. The molecule has 0 radical (unpaired) electrons. The summed E-state index contributed by atoms with van der Waals surface area (Å²) in [5.74, 6) is 2.06. The van der Waals surface area contributed by atoms with E-state index < -0.39 is 0 Å². The van der Waals surface area contributed by atoms with Crippen LogP contribution in [0.1, 0.15) is 24.4 Å². The van der Waals surface area contributed by atoms with Gasteiger partial charge in [0.25, 0.3) is 0 Å². The summed E-state index contributed by atoms with van der Waals surface area (Å²) in [6.07, 6.45) is 3.36. The standard InChI is InChI=1S/C22H25N5O3/c1-29-19-7-5-16(6-8-19)21-25-20(30-26-21)15-27-12-9-17(10-13-27)22(28)24-14-18-4-2-3-11-23-18/h2-8,11,17H,9-10,12-15H2,1H3,(H,24,28). The van der Waals surface area contributed by atoms with Crippen molar-refractivity contribution in [2.45, 2.75) is 25.9 Å². The van der Waals surface area contributed by atoms with Crippen LogP contribution < -0.4 is 10.1 Å². The van der Waals surface area contributed by atoms with Crippen LogP contribution in [0.25, 0.3) is 11.4 Å². The average molecular weight is 407 g/mol. The molecular formula is C22H25N5O3. The lowest BCUT2D eigenvalue weighted by Gasteiger charge is -2.30. The van der Waals surface area contributed by atoms with Gasteiger partial charge in [0.1, 0.15) is 5.75 Å². The van der Waals surface area contributed by atoms with Crippen LogP contribution in [-0.4, -0.2) is 46.1 Å². The van der Waals surface area contributed by atoms with Gasteiger partial charge in [-0.25, -0.2) is 0 Å². The van der Waals surface area contributed by atoms with E-state index >= 15 is 0 Å². The number of aromatic nitrogens is 3. The Kier molecular flexibility index (Phi) is 6.34. The van der Waals surface area contributed by atoms with E-state index in [-0.39, 0.29) is 11.8 Å². The number of hydrogen-bond donors (Lipinski definition) is 1. The Labute approximate surface area is 175 Å². The largest absolute Gasteiger partial charge is 0.497 e. The summed E-state index contributed by atoms with van der Waals surface area (Å²) in [5, 5.41) is 7.07. The summed E-state index contributed by atoms with van der Waals surface area (Å²) < 4.78 is 10.6. The minimum absolute atomic E-state index is 0.0301. The van der Waals surface area contributed by atoms with Gasteiger partial charge in [0.15, 0.2) is 0 Å². The van der Waals surface area contributed by atoms with E-state index in [9.17, 15) is 4.79 Å². The summed E-state index contributed by atoms with van der Waals surface area (Å²) in [7, 11) is 1.63. The molecule has 1 saturated heterocycles. The first-order valence-corrected chi connectivity index (χ1v) is 10.1. The fourth-order valence-electron chi connectivity index (χ4n) is 3.55. The van der Waals surface area contributed by atoms with Crippen molar-refractivity contribution < 1.29 is 14.1 Å². The van der Waals surface area contributed by atoms with Crippen molar-refractivity contribution in [2.75, 3.05) is 20.2 Å². The summed E-state index contributed by atoms with van der Waals surface area (Å²) in [6, 6.07) is 13.2. The summed E-state index contributed by atoms with van der Waals surface area (Å²) >= 11 is 0. The summed E-state index contributed by atoms with van der Waals surface area (Å²) in [4.78, 5) is 23.4. The molecule has 1 fully saturated rings. The van der Waals surface area contributed by atoms with Crippen LogP contribution in [0.15, 0.2) is 53.2 Å². The molecule has 1 aliphatic rings. The van der Waals surface area contributed by atoms with E-state index in [1.54, 1.807) is 13.3 Å². The smallest absolute Gasteiger partial charge is 0.241 e. The maximum Gasteiger partial charge on any atom is 0.241 e. The number of nitrogens with zero attached hydrogens (tertiary/aromatic N) is 4. The van der Waals surface area contributed by atoms with Crippen molar-refractivity contribution >= 4 is 5.91 Å². The number of rotatable bonds is 7. The summed E-state index contributed by atoms with van der Waals surface area (Å²) in [5.41, 5.74) is 1.75. The Morgan fingerprint density at radius 1 is 1.20 bits per heavy atom. The third kappa shape index (κ3) is 5.01. The van der Waals surface area contributed by atoms with E-state index in [1.807, 2.05) is 42.5 Å². The Balaban J connectivity index is 1.24. The van der Waals surface area contributed by atoms with Gasteiger partial charge in [0.05, 0.1) is 25.9 Å².